The second-order valence-corrected chi connectivity index (χ2v) is 4.92. The number of rotatable bonds is 2. The first-order valence-electron chi connectivity index (χ1n) is 6.73. The van der Waals surface area contributed by atoms with Gasteiger partial charge in [0.2, 0.25) is 0 Å². The topological polar surface area (TPSA) is 15.3 Å². The van der Waals surface area contributed by atoms with E-state index < -0.39 is 11.6 Å². The highest BCUT2D eigenvalue weighted by Gasteiger charge is 2.24. The molecular weight excluding hydrogens is 258 g/mol. The van der Waals surface area contributed by atoms with Crippen LogP contribution in [0.25, 0.3) is 0 Å². The normalized spacial score (nSPS) is 19.1. The van der Waals surface area contributed by atoms with Gasteiger partial charge in [0.05, 0.1) is 6.04 Å². The number of piperazine rings is 1. The summed E-state index contributed by atoms with van der Waals surface area (Å²) in [6.45, 7) is 2.40. The van der Waals surface area contributed by atoms with Crippen molar-refractivity contribution in [1.29, 1.82) is 0 Å². The summed E-state index contributed by atoms with van der Waals surface area (Å²) >= 11 is 0. The van der Waals surface area contributed by atoms with Crippen LogP contribution in [0.5, 0.6) is 0 Å². The second kappa shape index (κ2) is 5.59. The van der Waals surface area contributed by atoms with Gasteiger partial charge in [-0.15, -0.1) is 0 Å². The molecule has 1 aliphatic heterocycles. The van der Waals surface area contributed by atoms with Gasteiger partial charge in [-0.3, -0.25) is 0 Å². The Balaban J connectivity index is 1.94. The minimum atomic E-state index is -0.805. The van der Waals surface area contributed by atoms with E-state index >= 15 is 0 Å². The van der Waals surface area contributed by atoms with Crippen molar-refractivity contribution in [3.63, 3.8) is 0 Å². The quantitative estimate of drug-likeness (QED) is 0.905. The maximum Gasteiger partial charge on any atom is 0.160 e. The maximum absolute atomic E-state index is 13.4. The summed E-state index contributed by atoms with van der Waals surface area (Å²) in [7, 11) is 0. The molecule has 1 N–H and O–H groups in total. The van der Waals surface area contributed by atoms with Crippen LogP contribution in [0.1, 0.15) is 11.6 Å². The van der Waals surface area contributed by atoms with E-state index in [-0.39, 0.29) is 6.04 Å². The summed E-state index contributed by atoms with van der Waals surface area (Å²) in [6, 6.07) is 14.3. The molecule has 1 fully saturated rings. The zero-order valence-electron chi connectivity index (χ0n) is 11.0. The van der Waals surface area contributed by atoms with Crippen molar-refractivity contribution in [2.24, 2.45) is 0 Å². The molecule has 0 amide bonds. The fraction of sp³-hybridized carbons (Fsp3) is 0.250. The Morgan fingerprint density at radius 2 is 1.80 bits per heavy atom. The van der Waals surface area contributed by atoms with E-state index in [1.165, 1.54) is 17.7 Å². The van der Waals surface area contributed by atoms with Crippen molar-refractivity contribution in [3.05, 3.63) is 65.7 Å². The highest BCUT2D eigenvalue weighted by molar-refractivity contribution is 5.50. The van der Waals surface area contributed by atoms with Crippen LogP contribution in [0, 0.1) is 11.6 Å². The van der Waals surface area contributed by atoms with Gasteiger partial charge < -0.3 is 10.2 Å². The largest absolute Gasteiger partial charge is 0.362 e. The first kappa shape index (κ1) is 13.1. The molecule has 4 heteroatoms. The molecule has 0 aromatic heterocycles. The van der Waals surface area contributed by atoms with E-state index in [1.807, 2.05) is 18.2 Å². The van der Waals surface area contributed by atoms with E-state index in [9.17, 15) is 8.78 Å². The second-order valence-electron chi connectivity index (χ2n) is 4.92. The van der Waals surface area contributed by atoms with Gasteiger partial charge in [0.1, 0.15) is 0 Å². The number of halogens is 2. The summed E-state index contributed by atoms with van der Waals surface area (Å²) in [4.78, 5) is 2.12. The molecule has 0 bridgehead atoms. The fourth-order valence-corrected chi connectivity index (χ4v) is 2.65. The van der Waals surface area contributed by atoms with Gasteiger partial charge in [0.15, 0.2) is 11.6 Å². The van der Waals surface area contributed by atoms with Gasteiger partial charge in [-0.1, -0.05) is 30.3 Å². The first-order chi connectivity index (χ1) is 9.75. The fourth-order valence-electron chi connectivity index (χ4n) is 2.65. The highest BCUT2D eigenvalue weighted by atomic mass is 19.2. The standard InChI is InChI=1S/C16H16F2N2/c17-14-7-6-13(10-15(14)18)20-9-8-19-11-16(20)12-4-2-1-3-5-12/h1-7,10,16,19H,8-9,11H2. The Labute approximate surface area is 117 Å². The summed E-state index contributed by atoms with van der Waals surface area (Å²) in [5, 5.41) is 3.35. The lowest BCUT2D eigenvalue weighted by Crippen LogP contribution is -2.46. The van der Waals surface area contributed by atoms with E-state index in [2.05, 4.69) is 22.3 Å². The Bertz CT molecular complexity index is 586. The smallest absolute Gasteiger partial charge is 0.160 e. The Morgan fingerprint density at radius 1 is 1.00 bits per heavy atom. The van der Waals surface area contributed by atoms with Crippen LogP contribution in [0.3, 0.4) is 0 Å². The molecule has 104 valence electrons. The van der Waals surface area contributed by atoms with Gasteiger partial charge in [0, 0.05) is 31.4 Å². The van der Waals surface area contributed by atoms with E-state index in [0.29, 0.717) is 0 Å². The molecule has 2 aromatic carbocycles. The van der Waals surface area contributed by atoms with Crippen LogP contribution in [0.4, 0.5) is 14.5 Å². The molecule has 1 aliphatic rings. The molecular formula is C16H16F2N2. The van der Waals surface area contributed by atoms with Gasteiger partial charge in [0.25, 0.3) is 0 Å². The van der Waals surface area contributed by atoms with Crippen LogP contribution in [0.15, 0.2) is 48.5 Å². The summed E-state index contributed by atoms with van der Waals surface area (Å²) in [5.41, 5.74) is 1.89. The molecule has 0 saturated carbocycles. The van der Waals surface area contributed by atoms with Crippen molar-refractivity contribution in [1.82, 2.24) is 5.32 Å². The zero-order chi connectivity index (χ0) is 13.9. The lowest BCUT2D eigenvalue weighted by molar-refractivity contribution is 0.483. The third kappa shape index (κ3) is 2.51. The highest BCUT2D eigenvalue weighted by Crippen LogP contribution is 2.29. The number of hydrogen-bond acceptors (Lipinski definition) is 2. The number of anilines is 1. The third-order valence-corrected chi connectivity index (χ3v) is 3.66. The minimum Gasteiger partial charge on any atom is -0.362 e. The van der Waals surface area contributed by atoms with Crippen LogP contribution in [-0.2, 0) is 0 Å². The molecule has 0 aliphatic carbocycles. The summed E-state index contributed by atoms with van der Waals surface area (Å²) in [6.07, 6.45) is 0. The van der Waals surface area contributed by atoms with Gasteiger partial charge >= 0.3 is 0 Å². The van der Waals surface area contributed by atoms with Gasteiger partial charge in [-0.2, -0.15) is 0 Å². The molecule has 3 rings (SSSR count). The molecule has 0 radical (unpaired) electrons. The maximum atomic E-state index is 13.4. The van der Waals surface area contributed by atoms with E-state index in [1.54, 1.807) is 6.07 Å². The summed E-state index contributed by atoms with van der Waals surface area (Å²) < 4.78 is 26.5. The Morgan fingerprint density at radius 3 is 2.55 bits per heavy atom. The van der Waals surface area contributed by atoms with Crippen molar-refractivity contribution in [2.75, 3.05) is 24.5 Å². The molecule has 2 aromatic rings. The number of nitrogens with zero attached hydrogens (tertiary/aromatic N) is 1. The lowest BCUT2D eigenvalue weighted by atomic mass is 10.0. The molecule has 0 spiro atoms. The van der Waals surface area contributed by atoms with Crippen LogP contribution in [-0.4, -0.2) is 19.6 Å². The Kier molecular flexibility index (Phi) is 3.65. The molecule has 20 heavy (non-hydrogen) atoms. The van der Waals surface area contributed by atoms with Crippen molar-refractivity contribution >= 4 is 5.69 Å². The zero-order valence-corrected chi connectivity index (χ0v) is 11.0. The monoisotopic (exact) mass is 274 g/mol. The van der Waals surface area contributed by atoms with Crippen LogP contribution >= 0.6 is 0 Å². The molecule has 1 unspecified atom stereocenters. The number of benzene rings is 2. The SMILES string of the molecule is Fc1ccc(N2CCNCC2c2ccccc2)cc1F. The third-order valence-electron chi connectivity index (χ3n) is 3.66. The van der Waals surface area contributed by atoms with Crippen molar-refractivity contribution in [2.45, 2.75) is 6.04 Å². The first-order valence-corrected chi connectivity index (χ1v) is 6.73. The molecule has 1 heterocycles. The molecule has 1 atom stereocenters. The predicted molar refractivity (Wildman–Crippen MR) is 75.8 cm³/mol. The van der Waals surface area contributed by atoms with Crippen molar-refractivity contribution in [3.8, 4) is 0 Å². The van der Waals surface area contributed by atoms with E-state index in [0.717, 1.165) is 25.3 Å². The summed E-state index contributed by atoms with van der Waals surface area (Å²) in [5.74, 6) is -1.60. The molecule has 2 nitrogen and oxygen atoms in total. The van der Waals surface area contributed by atoms with Crippen LogP contribution < -0.4 is 10.2 Å². The Hall–Kier alpha value is -1.94. The molecule has 1 saturated heterocycles. The van der Waals surface area contributed by atoms with Gasteiger partial charge in [-0.25, -0.2) is 8.78 Å². The minimum absolute atomic E-state index is 0.134. The number of nitrogens with one attached hydrogen (secondary N) is 1. The van der Waals surface area contributed by atoms with Gasteiger partial charge in [-0.05, 0) is 17.7 Å². The average molecular weight is 274 g/mol. The van der Waals surface area contributed by atoms with E-state index in [4.69, 9.17) is 0 Å². The predicted octanol–water partition coefficient (Wildman–Crippen LogP) is 3.12. The number of hydrogen-bond donors (Lipinski definition) is 1. The van der Waals surface area contributed by atoms with Crippen LogP contribution in [0.2, 0.25) is 0 Å². The average Bonchev–Trinajstić information content (AvgIpc) is 2.51. The van der Waals surface area contributed by atoms with Crippen molar-refractivity contribution < 1.29 is 8.78 Å². The lowest BCUT2D eigenvalue weighted by Gasteiger charge is -2.38.